The molecule has 130 valence electrons. The van der Waals surface area contributed by atoms with Crippen LogP contribution in [0.5, 0.6) is 0 Å². The lowest BCUT2D eigenvalue weighted by molar-refractivity contribution is -0.123. The molecule has 3 fully saturated rings. The molecule has 2 bridgehead atoms. The molecule has 0 saturated heterocycles. The van der Waals surface area contributed by atoms with Crippen LogP contribution in [0.3, 0.4) is 0 Å². The summed E-state index contributed by atoms with van der Waals surface area (Å²) in [6.07, 6.45) is 3.54. The SMILES string of the molecule is O=C1C2CC(C3CCCC23)C1S(=O)(=O)NS(=O)(=O)c1ccccc1. The number of rotatable bonds is 4. The summed E-state index contributed by atoms with van der Waals surface area (Å²) < 4.78 is 51.9. The Morgan fingerprint density at radius 1 is 0.917 bits per heavy atom. The van der Waals surface area contributed by atoms with Gasteiger partial charge < -0.3 is 0 Å². The van der Waals surface area contributed by atoms with Crippen molar-refractivity contribution >= 4 is 25.8 Å². The highest BCUT2D eigenvalue weighted by atomic mass is 32.3. The van der Waals surface area contributed by atoms with Gasteiger partial charge in [0.05, 0.1) is 4.90 Å². The minimum Gasteiger partial charge on any atom is -0.298 e. The lowest BCUT2D eigenvalue weighted by atomic mass is 9.81. The van der Waals surface area contributed by atoms with Gasteiger partial charge in [0, 0.05) is 5.92 Å². The average molecular weight is 369 g/mol. The van der Waals surface area contributed by atoms with Crippen LogP contribution in [0.25, 0.3) is 0 Å². The summed E-state index contributed by atoms with van der Waals surface area (Å²) in [7, 11) is -8.48. The Morgan fingerprint density at radius 2 is 1.58 bits per heavy atom. The Labute approximate surface area is 141 Å². The molecule has 0 amide bonds. The summed E-state index contributed by atoms with van der Waals surface area (Å²) in [6, 6.07) is 7.34. The Morgan fingerprint density at radius 3 is 2.29 bits per heavy atom. The number of hydrogen-bond acceptors (Lipinski definition) is 5. The number of sulfonamides is 2. The van der Waals surface area contributed by atoms with Crippen molar-refractivity contribution in [2.24, 2.45) is 23.7 Å². The van der Waals surface area contributed by atoms with Gasteiger partial charge in [-0.15, -0.1) is 4.13 Å². The molecule has 1 N–H and O–H groups in total. The second-order valence-electron chi connectivity index (χ2n) is 7.03. The van der Waals surface area contributed by atoms with Crippen molar-refractivity contribution in [2.75, 3.05) is 0 Å². The van der Waals surface area contributed by atoms with Crippen LogP contribution in [0, 0.1) is 23.7 Å². The Kier molecular flexibility index (Phi) is 3.63. The predicted molar refractivity (Wildman–Crippen MR) is 86.9 cm³/mol. The third-order valence-electron chi connectivity index (χ3n) is 5.87. The number of hydrogen-bond donors (Lipinski definition) is 1. The van der Waals surface area contributed by atoms with Crippen molar-refractivity contribution in [3.63, 3.8) is 0 Å². The zero-order valence-corrected chi connectivity index (χ0v) is 14.6. The number of fused-ring (bicyclic) bond motifs is 5. The molecule has 1 aromatic carbocycles. The maximum Gasteiger partial charge on any atom is 0.253 e. The fourth-order valence-electron chi connectivity index (χ4n) is 5.02. The van der Waals surface area contributed by atoms with Gasteiger partial charge in [-0.1, -0.05) is 24.6 Å². The van der Waals surface area contributed by atoms with Gasteiger partial charge in [-0.25, -0.2) is 16.8 Å². The van der Waals surface area contributed by atoms with Crippen LogP contribution < -0.4 is 4.13 Å². The van der Waals surface area contributed by atoms with Gasteiger partial charge in [-0.05, 0) is 49.1 Å². The minimum absolute atomic E-state index is 0.122. The first-order valence-electron chi connectivity index (χ1n) is 8.17. The Bertz CT molecular complexity index is 878. The van der Waals surface area contributed by atoms with Crippen LogP contribution in [0.4, 0.5) is 0 Å². The molecule has 3 saturated carbocycles. The maximum atomic E-state index is 12.7. The number of carbonyl (C=O) groups excluding carboxylic acids is 1. The third-order valence-corrected chi connectivity index (χ3v) is 9.82. The molecule has 0 aromatic heterocycles. The first-order chi connectivity index (χ1) is 11.3. The van der Waals surface area contributed by atoms with Crippen LogP contribution in [-0.2, 0) is 24.8 Å². The van der Waals surface area contributed by atoms with E-state index in [-0.39, 0.29) is 28.4 Å². The molecular weight excluding hydrogens is 350 g/mol. The fraction of sp³-hybridized carbons (Fsp3) is 0.562. The van der Waals surface area contributed by atoms with E-state index in [1.165, 1.54) is 24.3 Å². The quantitative estimate of drug-likeness (QED) is 0.863. The summed E-state index contributed by atoms with van der Waals surface area (Å²) in [5, 5.41) is -1.22. The van der Waals surface area contributed by atoms with E-state index in [9.17, 15) is 21.6 Å². The molecule has 5 atom stereocenters. The molecule has 0 aliphatic heterocycles. The smallest absolute Gasteiger partial charge is 0.253 e. The molecule has 1 aromatic rings. The molecule has 6 nitrogen and oxygen atoms in total. The zero-order valence-electron chi connectivity index (χ0n) is 13.0. The van der Waals surface area contributed by atoms with E-state index < -0.39 is 25.3 Å². The highest BCUT2D eigenvalue weighted by molar-refractivity contribution is 8.05. The van der Waals surface area contributed by atoms with Crippen LogP contribution in [0.15, 0.2) is 35.2 Å². The van der Waals surface area contributed by atoms with Crippen LogP contribution in [0.1, 0.15) is 25.7 Å². The highest BCUT2D eigenvalue weighted by Gasteiger charge is 2.62. The molecule has 3 aliphatic rings. The van der Waals surface area contributed by atoms with Crippen molar-refractivity contribution in [1.82, 2.24) is 4.13 Å². The lowest BCUT2D eigenvalue weighted by Gasteiger charge is -2.29. The van der Waals surface area contributed by atoms with Crippen molar-refractivity contribution < 1.29 is 21.6 Å². The second kappa shape index (κ2) is 5.37. The third kappa shape index (κ3) is 2.34. The van der Waals surface area contributed by atoms with E-state index in [0.29, 0.717) is 12.3 Å². The van der Waals surface area contributed by atoms with Crippen molar-refractivity contribution in [3.05, 3.63) is 30.3 Å². The molecule has 24 heavy (non-hydrogen) atoms. The standard InChI is InChI=1S/C16H19NO5S2/c18-15-13-9-14(12-8-4-7-11(12)13)16(15)24(21,22)17-23(19,20)10-5-2-1-3-6-10/h1-3,5-6,11-14,16-17H,4,7-9H2. The summed E-state index contributed by atoms with van der Waals surface area (Å²) in [5.41, 5.74) is 0. The van der Waals surface area contributed by atoms with Crippen LogP contribution >= 0.6 is 0 Å². The maximum absolute atomic E-state index is 12.7. The van der Waals surface area contributed by atoms with Crippen molar-refractivity contribution in [1.29, 1.82) is 0 Å². The fourth-order valence-corrected chi connectivity index (χ4v) is 8.82. The van der Waals surface area contributed by atoms with E-state index in [1.807, 2.05) is 4.13 Å². The minimum atomic E-state index is -4.27. The van der Waals surface area contributed by atoms with Gasteiger partial charge >= 0.3 is 0 Å². The second-order valence-corrected chi connectivity index (χ2v) is 10.8. The predicted octanol–water partition coefficient (Wildman–Crippen LogP) is 1.30. The van der Waals surface area contributed by atoms with Crippen LogP contribution in [0.2, 0.25) is 0 Å². The number of ketones is 1. The molecule has 0 radical (unpaired) electrons. The van der Waals surface area contributed by atoms with Gasteiger partial charge in [0.2, 0.25) is 10.0 Å². The number of carbonyl (C=O) groups is 1. The molecule has 0 spiro atoms. The molecule has 0 heterocycles. The van der Waals surface area contributed by atoms with E-state index in [1.54, 1.807) is 6.07 Å². The summed E-state index contributed by atoms with van der Waals surface area (Å²) in [4.78, 5) is 12.4. The topological polar surface area (TPSA) is 97.4 Å². The van der Waals surface area contributed by atoms with Crippen molar-refractivity contribution in [3.8, 4) is 0 Å². The first-order valence-corrected chi connectivity index (χ1v) is 11.2. The van der Waals surface area contributed by atoms with Gasteiger partial charge in [0.25, 0.3) is 10.0 Å². The largest absolute Gasteiger partial charge is 0.298 e. The Hall–Kier alpha value is -1.25. The summed E-state index contributed by atoms with van der Waals surface area (Å²) in [5.74, 6) is -0.186. The van der Waals surface area contributed by atoms with Crippen molar-refractivity contribution in [2.45, 2.75) is 35.8 Å². The normalized spacial score (nSPS) is 35.3. The van der Waals surface area contributed by atoms with Gasteiger partial charge in [0.15, 0.2) is 5.78 Å². The molecule has 5 unspecified atom stereocenters. The summed E-state index contributed by atoms with van der Waals surface area (Å²) in [6.45, 7) is 0. The zero-order chi connectivity index (χ0) is 17.1. The van der Waals surface area contributed by atoms with E-state index in [0.717, 1.165) is 19.3 Å². The summed E-state index contributed by atoms with van der Waals surface area (Å²) >= 11 is 0. The molecule has 4 rings (SSSR count). The van der Waals surface area contributed by atoms with Gasteiger partial charge in [-0.2, -0.15) is 0 Å². The van der Waals surface area contributed by atoms with E-state index in [2.05, 4.69) is 0 Å². The van der Waals surface area contributed by atoms with Gasteiger partial charge in [-0.3, -0.25) is 4.79 Å². The highest BCUT2D eigenvalue weighted by Crippen LogP contribution is 2.58. The molecular formula is C16H19NO5S2. The van der Waals surface area contributed by atoms with E-state index in [4.69, 9.17) is 0 Å². The Balaban J connectivity index is 1.63. The molecule has 8 heteroatoms. The number of benzene rings is 1. The van der Waals surface area contributed by atoms with E-state index >= 15 is 0 Å². The lowest BCUT2D eigenvalue weighted by Crippen LogP contribution is -2.48. The first kappa shape index (κ1) is 16.2. The average Bonchev–Trinajstić information content (AvgIpc) is 3.18. The number of nitrogens with one attached hydrogen (secondary N) is 1. The number of Topliss-reactive ketones (excluding diaryl/α,β-unsaturated/α-hetero) is 1. The van der Waals surface area contributed by atoms with Crippen LogP contribution in [-0.4, -0.2) is 27.9 Å². The molecule has 3 aliphatic carbocycles. The monoisotopic (exact) mass is 369 g/mol. The van der Waals surface area contributed by atoms with Gasteiger partial charge in [0.1, 0.15) is 5.25 Å².